The third-order valence-corrected chi connectivity index (χ3v) is 13.0. The summed E-state index contributed by atoms with van der Waals surface area (Å²) in [6.45, 7) is 14.1. The lowest BCUT2D eigenvalue weighted by atomic mass is 9.83. The number of carbonyl (C=O) groups excluding carboxylic acids is 1. The van der Waals surface area contributed by atoms with Gasteiger partial charge in [-0.25, -0.2) is 4.79 Å². The highest BCUT2D eigenvalue weighted by molar-refractivity contribution is 6.88. The van der Waals surface area contributed by atoms with Gasteiger partial charge in [-0.2, -0.15) is 0 Å². The number of ether oxygens (including phenoxy) is 1. The van der Waals surface area contributed by atoms with E-state index in [0.29, 0.717) is 22.5 Å². The zero-order chi connectivity index (χ0) is 17.2. The van der Waals surface area contributed by atoms with Gasteiger partial charge in [-0.05, 0) is 35.4 Å². The van der Waals surface area contributed by atoms with Crippen molar-refractivity contribution in [3.8, 4) is 0 Å². The summed E-state index contributed by atoms with van der Waals surface area (Å²) in [6.07, 6.45) is 8.09. The molecule has 0 spiro atoms. The van der Waals surface area contributed by atoms with Gasteiger partial charge < -0.3 is 4.74 Å². The molecule has 130 valence electrons. The van der Waals surface area contributed by atoms with E-state index in [4.69, 9.17) is 4.74 Å². The number of rotatable bonds is 5. The van der Waals surface area contributed by atoms with E-state index in [1.54, 1.807) is 6.08 Å². The Morgan fingerprint density at radius 3 is 2.00 bits per heavy atom. The highest BCUT2D eigenvalue weighted by Crippen LogP contribution is 2.45. The molecule has 0 bridgehead atoms. The molecule has 3 heteroatoms. The second-order valence-electron chi connectivity index (χ2n) is 8.33. The van der Waals surface area contributed by atoms with Crippen molar-refractivity contribution in [1.29, 1.82) is 0 Å². The fraction of sp³-hybridized carbons (Fsp3) is 0.750. The molecular weight excluding hydrogens is 300 g/mol. The molecule has 1 aliphatic carbocycles. The molecule has 2 nitrogen and oxygen atoms in total. The largest absolute Gasteiger partial charge is 0.424 e. The summed E-state index contributed by atoms with van der Waals surface area (Å²) in [5.41, 5.74) is 5.57. The predicted octanol–water partition coefficient (Wildman–Crippen LogP) is 6.15. The summed E-state index contributed by atoms with van der Waals surface area (Å²) in [5.74, 6) is 1.29. The SMILES string of the molecule is CC(C)[Si](/C=C1\OC(=O)C=C1C1CCCCC1)(C(C)C)C(C)C. The molecule has 0 atom stereocenters. The van der Waals surface area contributed by atoms with Crippen LogP contribution in [0.1, 0.15) is 73.6 Å². The van der Waals surface area contributed by atoms with Crippen molar-refractivity contribution in [2.45, 2.75) is 90.3 Å². The van der Waals surface area contributed by atoms with Gasteiger partial charge >= 0.3 is 5.97 Å². The van der Waals surface area contributed by atoms with E-state index < -0.39 is 8.07 Å². The van der Waals surface area contributed by atoms with E-state index in [1.165, 1.54) is 37.7 Å². The first-order valence-corrected chi connectivity index (χ1v) is 11.8. The molecule has 1 aliphatic heterocycles. The van der Waals surface area contributed by atoms with E-state index in [9.17, 15) is 4.79 Å². The standard InChI is InChI=1S/C20H34O2Si/c1-14(2)23(15(3)4,16(5)6)13-19-18(12-20(21)22-19)17-10-8-7-9-11-17/h12-17H,7-11H2,1-6H3/b19-13-. The van der Waals surface area contributed by atoms with Crippen molar-refractivity contribution in [2.75, 3.05) is 0 Å². The third kappa shape index (κ3) is 3.65. The van der Waals surface area contributed by atoms with Crippen LogP contribution in [0, 0.1) is 5.92 Å². The van der Waals surface area contributed by atoms with Gasteiger partial charge in [0.05, 0.1) is 8.07 Å². The van der Waals surface area contributed by atoms with Crippen LogP contribution < -0.4 is 0 Å². The molecule has 23 heavy (non-hydrogen) atoms. The average Bonchev–Trinajstić information content (AvgIpc) is 2.85. The second kappa shape index (κ2) is 7.37. The minimum atomic E-state index is -1.71. The number of carbonyl (C=O) groups is 1. The summed E-state index contributed by atoms with van der Waals surface area (Å²) in [5, 5.41) is 0. The Morgan fingerprint density at radius 1 is 1.00 bits per heavy atom. The highest BCUT2D eigenvalue weighted by atomic mass is 28.3. The minimum Gasteiger partial charge on any atom is -0.424 e. The smallest absolute Gasteiger partial charge is 0.336 e. The molecule has 0 radical (unpaired) electrons. The van der Waals surface area contributed by atoms with Gasteiger partial charge in [0, 0.05) is 11.6 Å². The van der Waals surface area contributed by atoms with Crippen LogP contribution in [0.3, 0.4) is 0 Å². The Kier molecular flexibility index (Phi) is 5.93. The van der Waals surface area contributed by atoms with E-state index in [-0.39, 0.29) is 5.97 Å². The Morgan fingerprint density at radius 2 is 1.52 bits per heavy atom. The lowest BCUT2D eigenvalue weighted by Crippen LogP contribution is -2.43. The molecular formula is C20H34O2Si. The van der Waals surface area contributed by atoms with Crippen LogP contribution in [0.4, 0.5) is 0 Å². The molecule has 0 N–H and O–H groups in total. The van der Waals surface area contributed by atoms with E-state index >= 15 is 0 Å². The molecule has 1 saturated carbocycles. The maximum Gasteiger partial charge on any atom is 0.336 e. The predicted molar refractivity (Wildman–Crippen MR) is 99.9 cm³/mol. The number of esters is 1. The second-order valence-corrected chi connectivity index (χ2v) is 14.1. The number of hydrogen-bond acceptors (Lipinski definition) is 2. The van der Waals surface area contributed by atoms with E-state index in [0.717, 1.165) is 5.76 Å². The molecule has 2 rings (SSSR count). The Bertz CT molecular complexity index is 472. The highest BCUT2D eigenvalue weighted by Gasteiger charge is 2.43. The van der Waals surface area contributed by atoms with Crippen molar-refractivity contribution >= 4 is 14.0 Å². The van der Waals surface area contributed by atoms with E-state index in [2.05, 4.69) is 47.2 Å². The summed E-state index contributed by atoms with van der Waals surface area (Å²) < 4.78 is 5.70. The van der Waals surface area contributed by atoms with Crippen molar-refractivity contribution in [3.63, 3.8) is 0 Å². The van der Waals surface area contributed by atoms with Gasteiger partial charge in [0.2, 0.25) is 0 Å². The zero-order valence-electron chi connectivity index (χ0n) is 15.8. The third-order valence-electron chi connectivity index (χ3n) is 6.19. The summed E-state index contributed by atoms with van der Waals surface area (Å²) in [7, 11) is -1.71. The molecule has 1 heterocycles. The van der Waals surface area contributed by atoms with Crippen LogP contribution in [0.15, 0.2) is 23.1 Å². The van der Waals surface area contributed by atoms with Crippen LogP contribution in [-0.4, -0.2) is 14.0 Å². The molecule has 0 aromatic rings. The van der Waals surface area contributed by atoms with Gasteiger partial charge in [-0.3, -0.25) is 0 Å². The van der Waals surface area contributed by atoms with E-state index in [1.807, 2.05) is 0 Å². The number of allylic oxidation sites excluding steroid dienone is 1. The Hall–Kier alpha value is -0.833. The zero-order valence-corrected chi connectivity index (χ0v) is 16.8. The van der Waals surface area contributed by atoms with Crippen molar-refractivity contribution in [3.05, 3.63) is 23.1 Å². The van der Waals surface area contributed by atoms with Crippen molar-refractivity contribution in [1.82, 2.24) is 0 Å². The lowest BCUT2D eigenvalue weighted by Gasteiger charge is -2.41. The number of hydrogen-bond donors (Lipinski definition) is 0. The number of cyclic esters (lactones) is 1. The van der Waals surface area contributed by atoms with Gasteiger partial charge in [-0.1, -0.05) is 66.5 Å². The average molecular weight is 335 g/mol. The Balaban J connectivity index is 2.41. The Labute approximate surface area is 143 Å². The van der Waals surface area contributed by atoms with Crippen LogP contribution >= 0.6 is 0 Å². The maximum absolute atomic E-state index is 12.0. The van der Waals surface area contributed by atoms with Gasteiger partial charge in [0.1, 0.15) is 5.76 Å². The minimum absolute atomic E-state index is 0.156. The summed E-state index contributed by atoms with van der Waals surface area (Å²) >= 11 is 0. The van der Waals surface area contributed by atoms with Crippen LogP contribution in [0.2, 0.25) is 16.6 Å². The van der Waals surface area contributed by atoms with Gasteiger partial charge in [0.25, 0.3) is 0 Å². The first-order valence-electron chi connectivity index (χ1n) is 9.45. The first kappa shape index (κ1) is 18.5. The fourth-order valence-electron chi connectivity index (χ4n) is 4.97. The molecule has 0 aromatic heterocycles. The monoisotopic (exact) mass is 334 g/mol. The van der Waals surface area contributed by atoms with Gasteiger partial charge in [0.15, 0.2) is 0 Å². The molecule has 0 unspecified atom stereocenters. The first-order chi connectivity index (χ1) is 10.8. The molecule has 2 aliphatic rings. The fourth-order valence-corrected chi connectivity index (χ4v) is 10.6. The van der Waals surface area contributed by atoms with Crippen LogP contribution in [0.5, 0.6) is 0 Å². The van der Waals surface area contributed by atoms with Crippen LogP contribution in [-0.2, 0) is 9.53 Å². The van der Waals surface area contributed by atoms with Crippen molar-refractivity contribution in [2.24, 2.45) is 5.92 Å². The molecule has 0 saturated heterocycles. The topological polar surface area (TPSA) is 26.3 Å². The van der Waals surface area contributed by atoms with Crippen LogP contribution in [0.25, 0.3) is 0 Å². The normalized spacial score (nSPS) is 22.4. The quantitative estimate of drug-likeness (QED) is 0.445. The lowest BCUT2D eigenvalue weighted by molar-refractivity contribution is -0.132. The maximum atomic E-state index is 12.0. The van der Waals surface area contributed by atoms with Gasteiger partial charge in [-0.15, -0.1) is 0 Å². The molecule has 1 fully saturated rings. The summed E-state index contributed by atoms with van der Waals surface area (Å²) in [6, 6.07) is 0. The molecule has 0 aromatic carbocycles. The molecule has 0 amide bonds. The van der Waals surface area contributed by atoms with Crippen molar-refractivity contribution < 1.29 is 9.53 Å². The summed E-state index contributed by atoms with van der Waals surface area (Å²) in [4.78, 5) is 12.0.